The van der Waals surface area contributed by atoms with Gasteiger partial charge < -0.3 is 14.8 Å². The fourth-order valence-corrected chi connectivity index (χ4v) is 3.50. The number of methoxy groups -OCH3 is 2. The number of ether oxygens (including phenoxy) is 2. The summed E-state index contributed by atoms with van der Waals surface area (Å²) in [5, 5.41) is 5.39. The number of aryl methyl sites for hydroxylation is 2. The minimum Gasteiger partial charge on any atom is -0.493 e. The molecule has 0 unspecified atom stereocenters. The number of thiazole rings is 1. The number of amides is 1. The number of aromatic nitrogens is 1. The number of benzene rings is 2. The van der Waals surface area contributed by atoms with Gasteiger partial charge in [0.25, 0.3) is 0 Å². The average molecular weight is 382 g/mol. The van der Waals surface area contributed by atoms with Gasteiger partial charge in [0.2, 0.25) is 5.91 Å². The summed E-state index contributed by atoms with van der Waals surface area (Å²) in [5.74, 6) is 1.28. The largest absolute Gasteiger partial charge is 0.493 e. The molecule has 1 aromatic heterocycles. The van der Waals surface area contributed by atoms with Gasteiger partial charge in [-0.1, -0.05) is 29.8 Å². The topological polar surface area (TPSA) is 60.5 Å². The van der Waals surface area contributed by atoms with Crippen LogP contribution in [0.25, 0.3) is 11.3 Å². The van der Waals surface area contributed by atoms with Crippen molar-refractivity contribution in [3.63, 3.8) is 0 Å². The van der Waals surface area contributed by atoms with E-state index in [9.17, 15) is 4.79 Å². The van der Waals surface area contributed by atoms with Crippen molar-refractivity contribution in [2.45, 2.75) is 19.8 Å². The standard InChI is InChI=1S/C21H22N2O3S/c1-14-5-4-6-15(11-14)7-10-20(24)23-21-22-17(13-27-21)16-8-9-18(25-2)19(12-16)26-3/h4-6,8-9,11-13H,7,10H2,1-3H3,(H,22,23,24). The minimum atomic E-state index is -0.0373. The summed E-state index contributed by atoms with van der Waals surface area (Å²) in [5.41, 5.74) is 4.06. The summed E-state index contributed by atoms with van der Waals surface area (Å²) >= 11 is 1.41. The van der Waals surface area contributed by atoms with Crippen LogP contribution in [0.15, 0.2) is 47.8 Å². The Kier molecular flexibility index (Phi) is 6.08. The van der Waals surface area contributed by atoms with Crippen LogP contribution in [0.5, 0.6) is 11.5 Å². The van der Waals surface area contributed by atoms with Crippen molar-refractivity contribution >= 4 is 22.4 Å². The molecule has 1 amide bonds. The van der Waals surface area contributed by atoms with Gasteiger partial charge in [-0.25, -0.2) is 4.98 Å². The number of carbonyl (C=O) groups is 1. The Balaban J connectivity index is 1.63. The van der Waals surface area contributed by atoms with Crippen LogP contribution in [0.4, 0.5) is 5.13 Å². The van der Waals surface area contributed by atoms with E-state index >= 15 is 0 Å². The van der Waals surface area contributed by atoms with Crippen molar-refractivity contribution in [3.8, 4) is 22.8 Å². The van der Waals surface area contributed by atoms with E-state index in [0.29, 0.717) is 29.5 Å². The number of anilines is 1. The van der Waals surface area contributed by atoms with E-state index in [2.05, 4.69) is 29.4 Å². The highest BCUT2D eigenvalue weighted by Gasteiger charge is 2.11. The molecule has 140 valence electrons. The summed E-state index contributed by atoms with van der Waals surface area (Å²) in [6, 6.07) is 13.8. The maximum Gasteiger partial charge on any atom is 0.226 e. The summed E-state index contributed by atoms with van der Waals surface area (Å²) < 4.78 is 10.6. The highest BCUT2D eigenvalue weighted by atomic mass is 32.1. The summed E-state index contributed by atoms with van der Waals surface area (Å²) in [4.78, 5) is 16.7. The Morgan fingerprint density at radius 3 is 2.67 bits per heavy atom. The molecule has 5 nitrogen and oxygen atoms in total. The van der Waals surface area contributed by atoms with Gasteiger partial charge in [-0.2, -0.15) is 0 Å². The van der Waals surface area contributed by atoms with Crippen LogP contribution in [0.1, 0.15) is 17.5 Å². The molecule has 1 N–H and O–H groups in total. The second-order valence-corrected chi connectivity index (χ2v) is 7.00. The van der Waals surface area contributed by atoms with Crippen molar-refractivity contribution in [2.75, 3.05) is 19.5 Å². The quantitative estimate of drug-likeness (QED) is 0.643. The molecular weight excluding hydrogens is 360 g/mol. The van der Waals surface area contributed by atoms with Gasteiger partial charge in [0, 0.05) is 17.4 Å². The minimum absolute atomic E-state index is 0.0373. The number of nitrogens with one attached hydrogen (secondary N) is 1. The van der Waals surface area contributed by atoms with Crippen molar-refractivity contribution in [1.29, 1.82) is 0 Å². The SMILES string of the molecule is COc1ccc(-c2csc(NC(=O)CCc3cccc(C)c3)n2)cc1OC. The van der Waals surface area contributed by atoms with Crippen LogP contribution in [0.3, 0.4) is 0 Å². The molecule has 3 aromatic rings. The smallest absolute Gasteiger partial charge is 0.226 e. The zero-order valence-electron chi connectivity index (χ0n) is 15.6. The van der Waals surface area contributed by atoms with Gasteiger partial charge >= 0.3 is 0 Å². The highest BCUT2D eigenvalue weighted by molar-refractivity contribution is 7.14. The van der Waals surface area contributed by atoms with Gasteiger partial charge in [-0.15, -0.1) is 11.3 Å². The summed E-state index contributed by atoms with van der Waals surface area (Å²) in [7, 11) is 3.20. The van der Waals surface area contributed by atoms with Crippen LogP contribution in [0, 0.1) is 6.92 Å². The third-order valence-corrected chi connectivity index (χ3v) is 4.91. The van der Waals surface area contributed by atoms with E-state index < -0.39 is 0 Å². The lowest BCUT2D eigenvalue weighted by Gasteiger charge is -2.08. The molecule has 0 bridgehead atoms. The van der Waals surface area contributed by atoms with Gasteiger partial charge in [0.1, 0.15) is 0 Å². The Morgan fingerprint density at radius 1 is 1.11 bits per heavy atom. The zero-order valence-corrected chi connectivity index (χ0v) is 16.4. The molecule has 0 fully saturated rings. The van der Waals surface area contributed by atoms with Crippen molar-refractivity contribution in [3.05, 3.63) is 59.0 Å². The second-order valence-electron chi connectivity index (χ2n) is 6.14. The fraction of sp³-hybridized carbons (Fsp3) is 0.238. The predicted molar refractivity (Wildman–Crippen MR) is 109 cm³/mol. The predicted octanol–water partition coefficient (Wildman–Crippen LogP) is 4.71. The molecular formula is C21H22N2O3S. The van der Waals surface area contributed by atoms with Crippen LogP contribution < -0.4 is 14.8 Å². The molecule has 0 saturated heterocycles. The fourth-order valence-electron chi connectivity index (χ4n) is 2.77. The second kappa shape index (κ2) is 8.68. The molecule has 0 aliphatic heterocycles. The number of carbonyl (C=O) groups excluding carboxylic acids is 1. The third kappa shape index (κ3) is 4.86. The molecule has 0 saturated carbocycles. The summed E-state index contributed by atoms with van der Waals surface area (Å²) in [6.07, 6.45) is 1.14. The highest BCUT2D eigenvalue weighted by Crippen LogP contribution is 2.33. The number of rotatable bonds is 7. The first-order valence-electron chi connectivity index (χ1n) is 8.62. The van der Waals surface area contributed by atoms with Gasteiger partial charge in [-0.05, 0) is 37.1 Å². The average Bonchev–Trinajstić information content (AvgIpc) is 3.14. The first-order chi connectivity index (χ1) is 13.1. The van der Waals surface area contributed by atoms with E-state index in [1.807, 2.05) is 35.7 Å². The maximum atomic E-state index is 12.2. The van der Waals surface area contributed by atoms with Crippen molar-refractivity contribution in [1.82, 2.24) is 4.98 Å². The number of hydrogen-bond donors (Lipinski definition) is 1. The number of hydrogen-bond acceptors (Lipinski definition) is 5. The van der Waals surface area contributed by atoms with E-state index in [1.54, 1.807) is 14.2 Å². The van der Waals surface area contributed by atoms with Crippen LogP contribution in [-0.2, 0) is 11.2 Å². The molecule has 0 aliphatic carbocycles. The lowest BCUT2D eigenvalue weighted by Crippen LogP contribution is -2.12. The summed E-state index contributed by atoms with van der Waals surface area (Å²) in [6.45, 7) is 2.05. The van der Waals surface area contributed by atoms with Crippen LogP contribution >= 0.6 is 11.3 Å². The first-order valence-corrected chi connectivity index (χ1v) is 9.50. The molecule has 27 heavy (non-hydrogen) atoms. The maximum absolute atomic E-state index is 12.2. The molecule has 6 heteroatoms. The van der Waals surface area contributed by atoms with E-state index in [1.165, 1.54) is 16.9 Å². The molecule has 0 aliphatic rings. The Bertz CT molecular complexity index is 937. The third-order valence-electron chi connectivity index (χ3n) is 4.15. The van der Waals surface area contributed by atoms with Gasteiger partial charge in [0.05, 0.1) is 19.9 Å². The lowest BCUT2D eigenvalue weighted by molar-refractivity contribution is -0.116. The Hall–Kier alpha value is -2.86. The van der Waals surface area contributed by atoms with Gasteiger partial charge in [0.15, 0.2) is 16.6 Å². The Labute approximate surface area is 163 Å². The van der Waals surface area contributed by atoms with E-state index in [-0.39, 0.29) is 5.91 Å². The normalized spacial score (nSPS) is 10.5. The monoisotopic (exact) mass is 382 g/mol. The molecule has 0 spiro atoms. The molecule has 0 radical (unpaired) electrons. The molecule has 2 aromatic carbocycles. The van der Waals surface area contributed by atoms with Crippen LogP contribution in [0.2, 0.25) is 0 Å². The first kappa shape index (κ1) is 18.9. The van der Waals surface area contributed by atoms with Crippen LogP contribution in [-0.4, -0.2) is 25.1 Å². The zero-order chi connectivity index (χ0) is 19.2. The molecule has 0 atom stereocenters. The molecule has 3 rings (SSSR count). The van der Waals surface area contributed by atoms with E-state index in [4.69, 9.17) is 9.47 Å². The lowest BCUT2D eigenvalue weighted by atomic mass is 10.1. The number of nitrogens with zero attached hydrogens (tertiary/aromatic N) is 1. The van der Waals surface area contributed by atoms with E-state index in [0.717, 1.165) is 16.8 Å². The van der Waals surface area contributed by atoms with Crippen molar-refractivity contribution < 1.29 is 14.3 Å². The van der Waals surface area contributed by atoms with Gasteiger partial charge in [-0.3, -0.25) is 4.79 Å². The van der Waals surface area contributed by atoms with Crippen molar-refractivity contribution in [2.24, 2.45) is 0 Å². The Morgan fingerprint density at radius 2 is 1.93 bits per heavy atom. The molecule has 1 heterocycles.